The zero-order valence-corrected chi connectivity index (χ0v) is 55.9. The van der Waals surface area contributed by atoms with Gasteiger partial charge in [-0.1, -0.05) is 71.2 Å². The second-order valence-corrected chi connectivity index (χ2v) is 23.5. The van der Waals surface area contributed by atoms with Crippen LogP contribution >= 0.6 is 46.4 Å². The van der Waals surface area contributed by atoms with Crippen LogP contribution in [0.3, 0.4) is 0 Å². The van der Waals surface area contributed by atoms with Gasteiger partial charge >= 0.3 is 29.1 Å². The molecule has 1 aliphatic heterocycles. The van der Waals surface area contributed by atoms with E-state index < -0.39 is 34.5 Å². The second kappa shape index (κ2) is 35.6. The highest BCUT2D eigenvalue weighted by Gasteiger charge is 2.20. The minimum atomic E-state index is -0.624. The maximum atomic E-state index is 14.6. The van der Waals surface area contributed by atoms with Crippen LogP contribution in [-0.4, -0.2) is 106 Å². The molecule has 0 saturated carbocycles. The maximum absolute atomic E-state index is 14.6. The van der Waals surface area contributed by atoms with Crippen molar-refractivity contribution >= 4 is 81.3 Å². The lowest BCUT2D eigenvalue weighted by Crippen LogP contribution is -2.28. The van der Waals surface area contributed by atoms with E-state index in [2.05, 4.69) is 45.9 Å². The first-order valence-electron chi connectivity index (χ1n) is 30.2. The van der Waals surface area contributed by atoms with Gasteiger partial charge in [-0.15, -0.1) is 9.97 Å². The fraction of sp³-hybridized carbons (Fsp3) is 0.318. The van der Waals surface area contributed by atoms with Gasteiger partial charge in [-0.05, 0) is 162 Å². The minimum absolute atomic E-state index is 0.0735. The number of benzene rings is 6. The van der Waals surface area contributed by atoms with Crippen molar-refractivity contribution in [2.75, 3.05) is 49.0 Å². The Hall–Kier alpha value is -9.02. The van der Waals surface area contributed by atoms with E-state index in [1.807, 2.05) is 27.7 Å². The van der Waals surface area contributed by atoms with Crippen molar-refractivity contribution in [2.24, 2.45) is 0 Å². The molecule has 9 aromatic rings. The largest absolute Gasteiger partial charge is 0.488 e. The van der Waals surface area contributed by atoms with Crippen molar-refractivity contribution < 1.29 is 51.4 Å². The molecule has 1 aliphatic rings. The summed E-state index contributed by atoms with van der Waals surface area (Å²) in [6, 6.07) is 33.8. The Balaban J connectivity index is 0.000000186. The van der Waals surface area contributed by atoms with Crippen LogP contribution in [0.4, 0.5) is 48.1 Å². The molecule has 96 heavy (non-hydrogen) atoms. The van der Waals surface area contributed by atoms with Crippen LogP contribution in [0.1, 0.15) is 77.5 Å². The second-order valence-electron chi connectivity index (χ2n) is 21.9. The number of aromatic nitrogens is 9. The summed E-state index contributed by atoms with van der Waals surface area (Å²) in [6.07, 6.45) is 2.17. The molecule has 4 N–H and O–H groups in total. The average molecular weight is 1410 g/mol. The third-order valence-electron chi connectivity index (χ3n) is 13.1. The number of aliphatic hydroxyl groups excluding tert-OH is 1. The van der Waals surface area contributed by atoms with E-state index in [0.717, 1.165) is 36.0 Å². The predicted molar refractivity (Wildman–Crippen MR) is 360 cm³/mol. The summed E-state index contributed by atoms with van der Waals surface area (Å²) in [7, 11) is 0. The van der Waals surface area contributed by atoms with Crippen molar-refractivity contribution in [3.05, 3.63) is 213 Å². The number of nitrogens with zero attached hydrogens (tertiary/aromatic N) is 9. The van der Waals surface area contributed by atoms with Crippen molar-refractivity contribution in [3.8, 4) is 29.3 Å². The minimum Gasteiger partial charge on any atom is -0.488 e. The van der Waals surface area contributed by atoms with E-state index in [9.17, 15) is 27.6 Å². The molecule has 0 bridgehead atoms. The van der Waals surface area contributed by atoms with Gasteiger partial charge in [0, 0.05) is 56.9 Å². The van der Waals surface area contributed by atoms with Crippen molar-refractivity contribution in [2.45, 2.75) is 105 Å². The molecule has 1 saturated heterocycles. The molecule has 0 amide bonds. The van der Waals surface area contributed by atoms with E-state index in [0.29, 0.717) is 38.7 Å². The molecule has 3 aromatic heterocycles. The number of hydrogen-bond acceptors (Lipinski definition) is 20. The molecule has 1 unspecified atom stereocenters. The molecular formula is C66H69Cl4F3N12O11. The van der Waals surface area contributed by atoms with Crippen LogP contribution < -0.4 is 56.7 Å². The standard InChI is InChI=1S/C26H30ClFN4O5.C21H22ClFN4O4.C19H17Cl2FN4O2/c1-17(2)37-22-11-10-20(15-21(22)28)29-24-30-25(36-14-13-35-23-5-3-4-12-34-23)31-26(33)32(24)16-18-6-8-19(27)9-7-18;1-13(2)31-18-8-7-16(11-17(18)23)24-19-25-20(30-10-9-28)26-21(29)27(19)12-14-3-5-15(22)6-4-14;1-11(2)28-16-8-7-14(9-15(16)22)23-18-24-17(21)25-19(27)26(18)10-12-3-5-13(20)6-4-12/h6-11,15,17,23H,3-5,12-14,16H2,1-2H3,(H,29,30,31,33);3-8,11,13,28H,9-10,12H2,1-2H3,(H,24,25,26,29);3-9,11H,10H2,1-2H3,(H,23,24,25,27). The zero-order chi connectivity index (χ0) is 68.8. The number of nitrogens with one attached hydrogen (secondary N) is 3. The first-order valence-corrected chi connectivity index (χ1v) is 31.7. The first-order chi connectivity index (χ1) is 46.0. The van der Waals surface area contributed by atoms with Crippen LogP contribution in [0, 0.1) is 17.5 Å². The lowest BCUT2D eigenvalue weighted by Gasteiger charge is -2.22. The monoisotopic (exact) mass is 1400 g/mol. The number of ether oxygens (including phenoxy) is 7. The summed E-state index contributed by atoms with van der Waals surface area (Å²) < 4.78 is 85.4. The summed E-state index contributed by atoms with van der Waals surface area (Å²) in [6.45, 7) is 12.1. The number of rotatable bonds is 26. The zero-order valence-electron chi connectivity index (χ0n) is 52.9. The van der Waals surface area contributed by atoms with Crippen molar-refractivity contribution in [1.82, 2.24) is 43.6 Å². The molecule has 1 fully saturated rings. The lowest BCUT2D eigenvalue weighted by atomic mass is 10.2. The maximum Gasteiger partial charge on any atom is 0.355 e. The van der Waals surface area contributed by atoms with E-state index >= 15 is 0 Å². The molecule has 30 heteroatoms. The first kappa shape index (κ1) is 72.8. The summed E-state index contributed by atoms with van der Waals surface area (Å²) in [4.78, 5) is 62.0. The van der Waals surface area contributed by atoms with Gasteiger partial charge in [-0.25, -0.2) is 27.6 Å². The third-order valence-corrected chi connectivity index (χ3v) is 14.0. The number of anilines is 6. The Morgan fingerprint density at radius 1 is 0.490 bits per heavy atom. The quantitative estimate of drug-likeness (QED) is 0.0367. The SMILES string of the molecule is CC(C)Oc1ccc(Nc2nc(Cl)nc(=O)n2Cc2ccc(Cl)cc2)cc1F.CC(C)Oc1ccc(Nc2nc(OCCO)nc(=O)n2Cc2ccc(Cl)cc2)cc1F.CC(C)Oc1ccc(Nc2nc(OCCOC3CCCCO3)nc(=O)n2Cc2ccc(Cl)cc2)cc1F. The van der Waals surface area contributed by atoms with Crippen LogP contribution in [0.25, 0.3) is 0 Å². The Morgan fingerprint density at radius 3 is 1.20 bits per heavy atom. The van der Waals surface area contributed by atoms with Crippen LogP contribution in [0.5, 0.6) is 29.3 Å². The van der Waals surface area contributed by atoms with Gasteiger partial charge in [-0.2, -0.15) is 19.9 Å². The van der Waals surface area contributed by atoms with Crippen molar-refractivity contribution in [3.63, 3.8) is 0 Å². The highest BCUT2D eigenvalue weighted by molar-refractivity contribution is 6.31. The highest BCUT2D eigenvalue weighted by atomic mass is 35.5. The topological polar surface area (TPSA) is 264 Å². The smallest absolute Gasteiger partial charge is 0.355 e. The third kappa shape index (κ3) is 22.6. The normalized spacial score (nSPS) is 12.7. The van der Waals surface area contributed by atoms with Crippen LogP contribution in [-0.2, 0) is 29.1 Å². The van der Waals surface area contributed by atoms with Gasteiger partial charge in [0.1, 0.15) is 13.2 Å². The Bertz CT molecular complexity index is 4210. The van der Waals surface area contributed by atoms with Crippen LogP contribution in [0.15, 0.2) is 142 Å². The molecular weight excluding hydrogens is 1340 g/mol. The molecule has 0 spiro atoms. The molecule has 0 aliphatic carbocycles. The van der Waals surface area contributed by atoms with Crippen molar-refractivity contribution in [1.29, 1.82) is 0 Å². The van der Waals surface area contributed by atoms with E-state index in [1.54, 1.807) is 105 Å². The number of halogens is 7. The molecule has 23 nitrogen and oxygen atoms in total. The molecule has 508 valence electrons. The van der Waals surface area contributed by atoms with Gasteiger partial charge < -0.3 is 54.2 Å². The number of aliphatic hydroxyl groups is 1. The molecule has 0 radical (unpaired) electrons. The Labute approximate surface area is 570 Å². The van der Waals surface area contributed by atoms with E-state index in [-0.39, 0.29) is 123 Å². The van der Waals surface area contributed by atoms with Crippen LogP contribution in [0.2, 0.25) is 20.4 Å². The molecule has 6 aromatic carbocycles. The number of hydrogen-bond donors (Lipinski definition) is 4. The van der Waals surface area contributed by atoms with Gasteiger partial charge in [0.2, 0.25) is 23.1 Å². The fourth-order valence-corrected chi connectivity index (χ4v) is 9.37. The summed E-state index contributed by atoms with van der Waals surface area (Å²) in [5.41, 5.74) is 1.72. The molecule has 4 heterocycles. The van der Waals surface area contributed by atoms with Gasteiger partial charge in [0.05, 0.1) is 51.2 Å². The van der Waals surface area contributed by atoms with Gasteiger partial charge in [0.15, 0.2) is 41.0 Å². The summed E-state index contributed by atoms with van der Waals surface area (Å²) in [5.74, 6) is -0.879. The summed E-state index contributed by atoms with van der Waals surface area (Å²) >= 11 is 23.6. The predicted octanol–water partition coefficient (Wildman–Crippen LogP) is 13.0. The van der Waals surface area contributed by atoms with Gasteiger partial charge in [0.25, 0.3) is 0 Å². The Morgan fingerprint density at radius 2 is 0.854 bits per heavy atom. The van der Waals surface area contributed by atoms with Gasteiger partial charge in [-0.3, -0.25) is 13.7 Å². The average Bonchev–Trinajstić information content (AvgIpc) is 0.839. The fourth-order valence-electron chi connectivity index (χ4n) is 8.84. The molecule has 10 rings (SSSR count). The highest BCUT2D eigenvalue weighted by Crippen LogP contribution is 2.29. The van der Waals surface area contributed by atoms with E-state index in [4.69, 9.17) is 84.7 Å². The summed E-state index contributed by atoms with van der Waals surface area (Å²) in [5, 5.41) is 19.3. The lowest BCUT2D eigenvalue weighted by molar-refractivity contribution is -0.165. The van der Waals surface area contributed by atoms with E-state index in [1.165, 1.54) is 50.1 Å². The Kier molecular flexibility index (Phi) is 27.0. The molecule has 1 atom stereocenters.